The van der Waals surface area contributed by atoms with E-state index >= 15 is 0 Å². The number of nitrogens with zero attached hydrogens (tertiary/aromatic N) is 1. The average molecular weight is 266 g/mol. The van der Waals surface area contributed by atoms with Crippen LogP contribution in [0.5, 0.6) is 0 Å². The van der Waals surface area contributed by atoms with Crippen LogP contribution >= 0.6 is 0 Å². The van der Waals surface area contributed by atoms with Crippen molar-refractivity contribution in [2.24, 2.45) is 0 Å². The Hall–Kier alpha value is -2.21. The second kappa shape index (κ2) is 7.27. The zero-order chi connectivity index (χ0) is 14.3. The second-order valence-electron chi connectivity index (χ2n) is 3.91. The van der Waals surface area contributed by atoms with E-state index in [9.17, 15) is 14.0 Å². The van der Waals surface area contributed by atoms with Crippen LogP contribution in [0.3, 0.4) is 0 Å². The summed E-state index contributed by atoms with van der Waals surface area (Å²) < 4.78 is 12.9. The number of carbonyl (C=O) groups is 2. The van der Waals surface area contributed by atoms with Gasteiger partial charge >= 0.3 is 5.97 Å². The molecule has 102 valence electrons. The molecule has 1 aromatic carbocycles. The van der Waals surface area contributed by atoms with E-state index in [0.29, 0.717) is 5.69 Å². The van der Waals surface area contributed by atoms with Gasteiger partial charge in [0, 0.05) is 12.2 Å². The maximum absolute atomic E-state index is 12.9. The van der Waals surface area contributed by atoms with E-state index in [1.165, 1.54) is 29.2 Å². The van der Waals surface area contributed by atoms with Crippen LogP contribution in [0, 0.1) is 5.82 Å². The van der Waals surface area contributed by atoms with Gasteiger partial charge in [0.2, 0.25) is 5.91 Å². The molecule has 0 aliphatic carbocycles. The number of hydrogen-bond donors (Lipinski definition) is 2. The molecule has 0 saturated carbocycles. The summed E-state index contributed by atoms with van der Waals surface area (Å²) in [5.41, 5.74) is 0.332. The van der Waals surface area contributed by atoms with Gasteiger partial charge in [-0.2, -0.15) is 0 Å². The Morgan fingerprint density at radius 3 is 2.74 bits per heavy atom. The Labute approximate surface area is 110 Å². The Bertz CT molecular complexity index is 477. The smallest absolute Gasteiger partial charge is 0.317 e. The number of benzene rings is 1. The van der Waals surface area contributed by atoms with Crippen LogP contribution in [0.25, 0.3) is 0 Å². The molecule has 0 bridgehead atoms. The molecule has 1 rings (SSSR count). The van der Waals surface area contributed by atoms with Gasteiger partial charge in [-0.25, -0.2) is 4.39 Å². The Morgan fingerprint density at radius 1 is 1.42 bits per heavy atom. The van der Waals surface area contributed by atoms with Crippen LogP contribution in [-0.2, 0) is 9.59 Å². The maximum atomic E-state index is 12.9. The molecule has 2 N–H and O–H groups in total. The summed E-state index contributed by atoms with van der Waals surface area (Å²) in [7, 11) is 0. The highest BCUT2D eigenvalue weighted by Crippen LogP contribution is 2.08. The molecule has 0 heterocycles. The molecule has 0 aromatic heterocycles. The van der Waals surface area contributed by atoms with Gasteiger partial charge < -0.3 is 10.4 Å². The normalized spacial score (nSPS) is 10.2. The predicted molar refractivity (Wildman–Crippen MR) is 69.3 cm³/mol. The monoisotopic (exact) mass is 266 g/mol. The topological polar surface area (TPSA) is 69.6 Å². The first-order valence-electron chi connectivity index (χ1n) is 5.61. The molecule has 0 atom stereocenters. The van der Waals surface area contributed by atoms with Crippen molar-refractivity contribution in [1.29, 1.82) is 0 Å². The van der Waals surface area contributed by atoms with Gasteiger partial charge in [0.05, 0.1) is 13.1 Å². The number of halogens is 1. The quantitative estimate of drug-likeness (QED) is 0.731. The van der Waals surface area contributed by atoms with Crippen LogP contribution in [-0.4, -0.2) is 41.5 Å². The summed E-state index contributed by atoms with van der Waals surface area (Å²) in [5, 5.41) is 11.2. The Morgan fingerprint density at radius 2 is 2.16 bits per heavy atom. The molecule has 1 aromatic rings. The number of carboxylic acid groups (broad SMARTS) is 1. The summed E-state index contributed by atoms with van der Waals surface area (Å²) in [6.07, 6.45) is 1.51. The first kappa shape index (κ1) is 14.8. The van der Waals surface area contributed by atoms with Gasteiger partial charge in [-0.05, 0) is 18.2 Å². The summed E-state index contributed by atoms with van der Waals surface area (Å²) in [4.78, 5) is 23.7. The van der Waals surface area contributed by atoms with Crippen molar-refractivity contribution in [2.75, 3.05) is 25.0 Å². The standard InChI is InChI=1S/C13H15FN2O3/c1-2-6-16(9-13(18)19)8-12(17)15-11-5-3-4-10(14)7-11/h2-5,7H,1,6,8-9H2,(H,15,17)(H,18,19). The summed E-state index contributed by atoms with van der Waals surface area (Å²) in [6, 6.07) is 5.48. The van der Waals surface area contributed by atoms with Crippen LogP contribution < -0.4 is 5.32 Å². The van der Waals surface area contributed by atoms with Crippen molar-refractivity contribution in [1.82, 2.24) is 4.90 Å². The minimum atomic E-state index is -1.03. The Balaban J connectivity index is 2.57. The third kappa shape index (κ3) is 5.78. The number of carboxylic acids is 1. The zero-order valence-electron chi connectivity index (χ0n) is 10.3. The lowest BCUT2D eigenvalue weighted by atomic mass is 10.3. The molecule has 0 fully saturated rings. The molecule has 1 amide bonds. The first-order valence-corrected chi connectivity index (χ1v) is 5.61. The van der Waals surface area contributed by atoms with Crippen LogP contribution in [0.15, 0.2) is 36.9 Å². The molecule has 19 heavy (non-hydrogen) atoms. The van der Waals surface area contributed by atoms with Crippen molar-refractivity contribution >= 4 is 17.6 Å². The lowest BCUT2D eigenvalue weighted by Crippen LogP contribution is -2.37. The molecule has 0 aliphatic heterocycles. The third-order valence-corrected chi connectivity index (χ3v) is 2.22. The molecule has 0 spiro atoms. The van der Waals surface area contributed by atoms with E-state index in [0.717, 1.165) is 0 Å². The van der Waals surface area contributed by atoms with E-state index in [1.54, 1.807) is 6.07 Å². The van der Waals surface area contributed by atoms with Gasteiger partial charge in [-0.1, -0.05) is 12.1 Å². The van der Waals surface area contributed by atoms with Crippen molar-refractivity contribution in [3.05, 3.63) is 42.7 Å². The molecule has 0 radical (unpaired) electrons. The molecule has 0 unspecified atom stereocenters. The molecule has 5 nitrogen and oxygen atoms in total. The highest BCUT2D eigenvalue weighted by atomic mass is 19.1. The van der Waals surface area contributed by atoms with Gasteiger partial charge in [0.15, 0.2) is 0 Å². The van der Waals surface area contributed by atoms with Crippen molar-refractivity contribution in [3.8, 4) is 0 Å². The molecule has 0 aliphatic rings. The largest absolute Gasteiger partial charge is 0.480 e. The fourth-order valence-corrected chi connectivity index (χ4v) is 1.53. The van der Waals surface area contributed by atoms with Crippen molar-refractivity contribution in [2.45, 2.75) is 0 Å². The number of aliphatic carboxylic acids is 1. The number of anilines is 1. The minimum Gasteiger partial charge on any atom is -0.480 e. The fraction of sp³-hybridized carbons (Fsp3) is 0.231. The number of carbonyl (C=O) groups excluding carboxylic acids is 1. The van der Waals surface area contributed by atoms with Crippen LogP contribution in [0.1, 0.15) is 0 Å². The maximum Gasteiger partial charge on any atom is 0.317 e. The molecular formula is C13H15FN2O3. The third-order valence-electron chi connectivity index (χ3n) is 2.22. The Kier molecular flexibility index (Phi) is 5.69. The van der Waals surface area contributed by atoms with E-state index in [-0.39, 0.29) is 19.6 Å². The number of rotatable bonds is 7. The second-order valence-corrected chi connectivity index (χ2v) is 3.91. The van der Waals surface area contributed by atoms with E-state index < -0.39 is 17.7 Å². The lowest BCUT2D eigenvalue weighted by molar-refractivity contribution is -0.138. The summed E-state index contributed by atoms with van der Waals surface area (Å²) in [5.74, 6) is -1.89. The summed E-state index contributed by atoms with van der Waals surface area (Å²) >= 11 is 0. The highest BCUT2D eigenvalue weighted by molar-refractivity contribution is 5.92. The van der Waals surface area contributed by atoms with E-state index in [4.69, 9.17) is 5.11 Å². The number of amides is 1. The lowest BCUT2D eigenvalue weighted by Gasteiger charge is -2.17. The predicted octanol–water partition coefficient (Wildman–Crippen LogP) is 1.34. The van der Waals surface area contributed by atoms with Crippen LogP contribution in [0.2, 0.25) is 0 Å². The van der Waals surface area contributed by atoms with Crippen LogP contribution in [0.4, 0.5) is 10.1 Å². The molecule has 0 saturated heterocycles. The van der Waals surface area contributed by atoms with Gasteiger partial charge in [0.25, 0.3) is 0 Å². The fourth-order valence-electron chi connectivity index (χ4n) is 1.53. The van der Waals surface area contributed by atoms with Gasteiger partial charge in [-0.3, -0.25) is 14.5 Å². The molecule has 6 heteroatoms. The van der Waals surface area contributed by atoms with Gasteiger partial charge in [-0.15, -0.1) is 6.58 Å². The zero-order valence-corrected chi connectivity index (χ0v) is 10.3. The molecular weight excluding hydrogens is 251 g/mol. The minimum absolute atomic E-state index is 0.102. The number of hydrogen-bond acceptors (Lipinski definition) is 3. The number of nitrogens with one attached hydrogen (secondary N) is 1. The SMILES string of the molecule is C=CCN(CC(=O)O)CC(=O)Nc1cccc(F)c1. The summed E-state index contributed by atoms with van der Waals surface area (Å²) in [6.45, 7) is 3.41. The average Bonchev–Trinajstić information content (AvgIpc) is 2.27. The van der Waals surface area contributed by atoms with E-state index in [1.807, 2.05) is 0 Å². The van der Waals surface area contributed by atoms with E-state index in [2.05, 4.69) is 11.9 Å². The highest BCUT2D eigenvalue weighted by Gasteiger charge is 2.12. The van der Waals surface area contributed by atoms with Crippen molar-refractivity contribution in [3.63, 3.8) is 0 Å². The first-order chi connectivity index (χ1) is 9.01. The van der Waals surface area contributed by atoms with Crippen molar-refractivity contribution < 1.29 is 19.1 Å². The van der Waals surface area contributed by atoms with Gasteiger partial charge in [0.1, 0.15) is 5.82 Å².